The van der Waals surface area contributed by atoms with E-state index >= 15 is 0 Å². The minimum atomic E-state index is -3.53. The predicted octanol–water partition coefficient (Wildman–Crippen LogP) is 3.72. The van der Waals surface area contributed by atoms with E-state index in [1.807, 2.05) is 42.5 Å². The molecule has 0 saturated carbocycles. The first-order valence-electron chi connectivity index (χ1n) is 9.72. The highest BCUT2D eigenvalue weighted by Gasteiger charge is 2.36. The second-order valence-electron chi connectivity index (χ2n) is 7.04. The molecule has 0 saturated heterocycles. The zero-order chi connectivity index (χ0) is 21.7. The van der Waals surface area contributed by atoms with Gasteiger partial charge in [0.15, 0.2) is 0 Å². The maximum atomic E-state index is 12.9. The van der Waals surface area contributed by atoms with Crippen LogP contribution in [0.25, 0.3) is 21.9 Å². The first-order valence-corrected chi connectivity index (χ1v) is 11.3. The van der Waals surface area contributed by atoms with E-state index in [4.69, 9.17) is 19.2 Å². The Morgan fingerprint density at radius 3 is 2.53 bits per heavy atom. The Hall–Kier alpha value is -2.22. The Kier molecular flexibility index (Phi) is 7.28. The molecule has 1 heterocycles. The molecule has 0 amide bonds. The number of fused-ring (bicyclic) bond motifs is 3. The van der Waals surface area contributed by atoms with Gasteiger partial charge < -0.3 is 24.3 Å². The summed E-state index contributed by atoms with van der Waals surface area (Å²) >= 11 is 0. The first kappa shape index (κ1) is 22.5. The highest BCUT2D eigenvalue weighted by Crippen LogP contribution is 2.52. The highest BCUT2D eigenvalue weighted by molar-refractivity contribution is 7.54. The second kappa shape index (κ2) is 9.73. The Labute approximate surface area is 174 Å². The smallest absolute Gasteiger partial charge is 0.346 e. The lowest BCUT2D eigenvalue weighted by Gasteiger charge is -2.28. The molecule has 1 aromatic heterocycles. The third kappa shape index (κ3) is 4.74. The number of rotatable bonds is 11. The van der Waals surface area contributed by atoms with Crippen LogP contribution in [0.15, 0.2) is 46.9 Å². The molecule has 4 N–H and O–H groups in total. The third-order valence-electron chi connectivity index (χ3n) is 5.15. The van der Waals surface area contributed by atoms with Gasteiger partial charge in [0.05, 0.1) is 0 Å². The van der Waals surface area contributed by atoms with Crippen molar-refractivity contribution >= 4 is 35.5 Å². The summed E-state index contributed by atoms with van der Waals surface area (Å²) in [5.41, 5.74) is 7.83. The number of carbonyl (C=O) groups is 1. The van der Waals surface area contributed by atoms with Crippen molar-refractivity contribution in [3.8, 4) is 0 Å². The zero-order valence-corrected chi connectivity index (χ0v) is 17.9. The molecular formula is C21H27N2O6P. The lowest BCUT2D eigenvalue weighted by atomic mass is 10.0. The number of carboxylic acid groups (broad SMARTS) is 1. The summed E-state index contributed by atoms with van der Waals surface area (Å²) in [5.74, 6) is -1.84. The van der Waals surface area contributed by atoms with E-state index in [-0.39, 0.29) is 6.42 Å². The number of aliphatic carboxylic acids is 1. The topological polar surface area (TPSA) is 124 Å². The minimum absolute atomic E-state index is 0.175. The van der Waals surface area contributed by atoms with Crippen molar-refractivity contribution in [1.82, 2.24) is 5.32 Å². The molecule has 8 nitrogen and oxygen atoms in total. The van der Waals surface area contributed by atoms with Crippen LogP contribution in [0, 0.1) is 0 Å². The van der Waals surface area contributed by atoms with Gasteiger partial charge in [-0.25, -0.2) is 0 Å². The van der Waals surface area contributed by atoms with Crippen LogP contribution in [-0.2, 0) is 24.8 Å². The number of hydrogen-bond donors (Lipinski definition) is 3. The van der Waals surface area contributed by atoms with Gasteiger partial charge in [-0.15, -0.1) is 0 Å². The normalized spacial score (nSPS) is 14.2. The van der Waals surface area contributed by atoms with Gasteiger partial charge in [0, 0.05) is 25.0 Å². The maximum absolute atomic E-state index is 12.9. The largest absolute Gasteiger partial charge is 0.480 e. The molecule has 2 atom stereocenters. The summed E-state index contributed by atoms with van der Waals surface area (Å²) in [4.78, 5) is 11.9. The van der Waals surface area contributed by atoms with Gasteiger partial charge in [-0.3, -0.25) is 14.7 Å². The van der Waals surface area contributed by atoms with Gasteiger partial charge >= 0.3 is 13.6 Å². The predicted molar refractivity (Wildman–Crippen MR) is 116 cm³/mol. The molecular weight excluding hydrogens is 407 g/mol. The van der Waals surface area contributed by atoms with E-state index in [1.165, 1.54) is 14.2 Å². The van der Waals surface area contributed by atoms with E-state index in [0.29, 0.717) is 25.0 Å². The van der Waals surface area contributed by atoms with Crippen LogP contribution in [-0.4, -0.2) is 43.7 Å². The number of furan rings is 1. The van der Waals surface area contributed by atoms with E-state index in [9.17, 15) is 14.5 Å². The maximum Gasteiger partial charge on any atom is 0.346 e. The molecule has 3 aromatic rings. The Bertz CT molecular complexity index is 1060. The van der Waals surface area contributed by atoms with Crippen molar-refractivity contribution in [2.75, 3.05) is 20.8 Å². The monoisotopic (exact) mass is 434 g/mol. The quantitative estimate of drug-likeness (QED) is 0.390. The Morgan fingerprint density at radius 1 is 1.17 bits per heavy atom. The minimum Gasteiger partial charge on any atom is -0.480 e. The molecule has 30 heavy (non-hydrogen) atoms. The summed E-state index contributed by atoms with van der Waals surface area (Å²) in [6, 6.07) is 12.4. The van der Waals surface area contributed by atoms with E-state index in [1.54, 1.807) is 0 Å². The molecule has 0 bridgehead atoms. The van der Waals surface area contributed by atoms with Crippen molar-refractivity contribution in [3.05, 3.63) is 48.0 Å². The molecule has 9 heteroatoms. The molecule has 162 valence electrons. The Morgan fingerprint density at radius 2 is 1.87 bits per heavy atom. The van der Waals surface area contributed by atoms with E-state index < -0.39 is 25.4 Å². The third-order valence-corrected chi connectivity index (χ3v) is 7.34. The lowest BCUT2D eigenvalue weighted by molar-refractivity contribution is -0.139. The van der Waals surface area contributed by atoms with Crippen molar-refractivity contribution in [1.29, 1.82) is 0 Å². The van der Waals surface area contributed by atoms with Gasteiger partial charge in [-0.1, -0.05) is 30.3 Å². The summed E-state index contributed by atoms with van der Waals surface area (Å²) in [6.45, 7) is 0.381. The van der Waals surface area contributed by atoms with Gasteiger partial charge in [0.1, 0.15) is 23.0 Å². The molecule has 0 radical (unpaired) electrons. The van der Waals surface area contributed by atoms with E-state index in [2.05, 4.69) is 5.32 Å². The van der Waals surface area contributed by atoms with E-state index in [0.717, 1.165) is 21.9 Å². The van der Waals surface area contributed by atoms with Crippen molar-refractivity contribution < 1.29 is 27.9 Å². The second-order valence-corrected chi connectivity index (χ2v) is 9.48. The van der Waals surface area contributed by atoms with Crippen LogP contribution >= 0.6 is 7.60 Å². The summed E-state index contributed by atoms with van der Waals surface area (Å²) in [7, 11) is -0.958. The molecule has 0 aliphatic rings. The van der Waals surface area contributed by atoms with Gasteiger partial charge in [0.2, 0.25) is 0 Å². The van der Waals surface area contributed by atoms with Crippen LogP contribution in [0.5, 0.6) is 0 Å². The molecule has 2 aromatic carbocycles. The number of para-hydroxylation sites is 1. The fourth-order valence-electron chi connectivity index (χ4n) is 3.56. The number of hydrogen-bond acceptors (Lipinski definition) is 7. The van der Waals surface area contributed by atoms with Crippen molar-refractivity contribution in [2.24, 2.45) is 5.73 Å². The molecule has 0 aliphatic heterocycles. The summed E-state index contributed by atoms with van der Waals surface area (Å²) in [6.07, 6.45) is 1.09. The average molecular weight is 434 g/mol. The van der Waals surface area contributed by atoms with Crippen LogP contribution in [0.3, 0.4) is 0 Å². The average Bonchev–Trinajstić information content (AvgIpc) is 3.12. The molecule has 3 rings (SSSR count). The number of nitrogens with one attached hydrogen (secondary N) is 1. The van der Waals surface area contributed by atoms with Crippen LogP contribution in [0.4, 0.5) is 0 Å². The highest BCUT2D eigenvalue weighted by atomic mass is 31.2. The van der Waals surface area contributed by atoms with Crippen LogP contribution in [0.1, 0.15) is 18.4 Å². The fraction of sp³-hybridized carbons (Fsp3) is 0.381. The standard InChI is InChI=1S/C21H27N2O6P/c1-27-30(26,28-2)20(8-5-11-22)23-17(21(24)25)12-14-9-10-16-15-6-3-4-7-18(15)29-19(16)13-14/h3-4,6-7,9-10,13,17,20,23H,5,8,11-12,22H2,1-2H3,(H,24,25)/t17-,20-/m0/s1. The van der Waals surface area contributed by atoms with Crippen LogP contribution in [0.2, 0.25) is 0 Å². The van der Waals surface area contributed by atoms with Crippen molar-refractivity contribution in [3.63, 3.8) is 0 Å². The molecule has 0 aliphatic carbocycles. The van der Waals surface area contributed by atoms with Gasteiger partial charge in [0.25, 0.3) is 0 Å². The lowest BCUT2D eigenvalue weighted by Crippen LogP contribution is -2.45. The number of carboxylic acids is 1. The number of benzene rings is 2. The molecule has 0 spiro atoms. The van der Waals surface area contributed by atoms with Gasteiger partial charge in [-0.05, 0) is 43.5 Å². The SMILES string of the molecule is COP(=O)(OC)[C@@H](CCCN)N[C@@H](Cc1ccc2c(c1)oc1ccccc12)C(=O)O. The fourth-order valence-corrected chi connectivity index (χ4v) is 5.08. The molecule has 0 unspecified atom stereocenters. The van der Waals surface area contributed by atoms with Crippen LogP contribution < -0.4 is 11.1 Å². The summed E-state index contributed by atoms with van der Waals surface area (Å²) < 4.78 is 29.0. The summed E-state index contributed by atoms with van der Waals surface area (Å²) in [5, 5.41) is 14.7. The molecule has 0 fully saturated rings. The first-order chi connectivity index (χ1) is 14.4. The Balaban J connectivity index is 1.86. The number of nitrogens with two attached hydrogens (primary N) is 1. The zero-order valence-electron chi connectivity index (χ0n) is 17.0. The van der Waals surface area contributed by atoms with Crippen molar-refractivity contribution in [2.45, 2.75) is 31.1 Å². The van der Waals surface area contributed by atoms with Gasteiger partial charge in [-0.2, -0.15) is 0 Å².